The molecule has 2 aliphatic rings. The SMILES string of the molecule is CC1CC(C)(C)CC2(C1)NC(=O)N(CC(=O)Nc1ccc(C#N)c(Cl)c1)C2=O. The van der Waals surface area contributed by atoms with Gasteiger partial charge in [0.15, 0.2) is 0 Å². The summed E-state index contributed by atoms with van der Waals surface area (Å²) in [6, 6.07) is 5.89. The third-order valence-electron chi connectivity index (χ3n) is 5.30. The number of hydrogen-bond donors (Lipinski definition) is 2. The normalized spacial score (nSPS) is 26.1. The standard InChI is InChI=1S/C20H23ClN4O3/c1-12-7-19(2,3)11-20(8-12)17(27)25(18(28)24-20)10-16(26)23-14-5-4-13(9-22)15(21)6-14/h4-6,12H,7-8,10-11H2,1-3H3,(H,23,26)(H,24,28). The van der Waals surface area contributed by atoms with Crippen LogP contribution in [0.1, 0.15) is 45.6 Å². The second-order valence-corrected chi connectivity index (χ2v) is 9.02. The molecule has 2 N–H and O–H groups in total. The molecule has 2 fully saturated rings. The fraction of sp³-hybridized carbons (Fsp3) is 0.500. The molecular weight excluding hydrogens is 380 g/mol. The second kappa shape index (κ2) is 7.10. The van der Waals surface area contributed by atoms with Crippen molar-refractivity contribution in [1.82, 2.24) is 10.2 Å². The molecular formula is C20H23ClN4O3. The molecule has 1 saturated heterocycles. The fourth-order valence-electron chi connectivity index (χ4n) is 4.68. The molecule has 1 aliphatic carbocycles. The van der Waals surface area contributed by atoms with Crippen LogP contribution in [0.15, 0.2) is 18.2 Å². The quantitative estimate of drug-likeness (QED) is 0.757. The molecule has 2 unspecified atom stereocenters. The van der Waals surface area contributed by atoms with Gasteiger partial charge in [-0.2, -0.15) is 5.26 Å². The smallest absolute Gasteiger partial charge is 0.324 e. The molecule has 0 radical (unpaired) electrons. The zero-order valence-corrected chi connectivity index (χ0v) is 16.9. The Morgan fingerprint density at radius 3 is 2.71 bits per heavy atom. The number of halogens is 1. The van der Waals surface area contributed by atoms with Crippen molar-refractivity contribution >= 4 is 35.1 Å². The van der Waals surface area contributed by atoms with E-state index < -0.39 is 17.5 Å². The number of carbonyl (C=O) groups excluding carboxylic acids is 3. The zero-order valence-electron chi connectivity index (χ0n) is 16.1. The minimum absolute atomic E-state index is 0.0713. The van der Waals surface area contributed by atoms with Gasteiger partial charge in [-0.15, -0.1) is 0 Å². The third-order valence-corrected chi connectivity index (χ3v) is 5.61. The summed E-state index contributed by atoms with van der Waals surface area (Å²) in [7, 11) is 0. The first kappa shape index (κ1) is 20.2. The summed E-state index contributed by atoms with van der Waals surface area (Å²) in [4.78, 5) is 38.9. The predicted octanol–water partition coefficient (Wildman–Crippen LogP) is 3.29. The van der Waals surface area contributed by atoms with Crippen LogP contribution in [0, 0.1) is 22.7 Å². The summed E-state index contributed by atoms with van der Waals surface area (Å²) in [6.45, 7) is 5.88. The Morgan fingerprint density at radius 1 is 1.39 bits per heavy atom. The molecule has 7 nitrogen and oxygen atoms in total. The minimum Gasteiger partial charge on any atom is -0.324 e. The number of amides is 4. The van der Waals surface area contributed by atoms with Gasteiger partial charge in [-0.05, 0) is 48.8 Å². The molecule has 3 rings (SSSR count). The molecule has 1 aromatic carbocycles. The monoisotopic (exact) mass is 402 g/mol. The molecule has 1 spiro atoms. The maximum atomic E-state index is 13.1. The average Bonchev–Trinajstić information content (AvgIpc) is 2.76. The molecule has 1 aliphatic heterocycles. The van der Waals surface area contributed by atoms with Crippen molar-refractivity contribution in [3.05, 3.63) is 28.8 Å². The number of nitrogens with zero attached hydrogens (tertiary/aromatic N) is 2. The number of nitriles is 1. The van der Waals surface area contributed by atoms with Crippen LogP contribution in [0.25, 0.3) is 0 Å². The van der Waals surface area contributed by atoms with Gasteiger partial charge < -0.3 is 10.6 Å². The van der Waals surface area contributed by atoms with Gasteiger partial charge in [0.05, 0.1) is 10.6 Å². The maximum absolute atomic E-state index is 13.1. The summed E-state index contributed by atoms with van der Waals surface area (Å²) in [5.41, 5.74) is -0.318. The average molecular weight is 403 g/mol. The second-order valence-electron chi connectivity index (χ2n) is 8.61. The highest BCUT2D eigenvalue weighted by molar-refractivity contribution is 6.32. The van der Waals surface area contributed by atoms with Gasteiger partial charge in [-0.3, -0.25) is 14.5 Å². The van der Waals surface area contributed by atoms with Crippen LogP contribution in [0.3, 0.4) is 0 Å². The van der Waals surface area contributed by atoms with Crippen molar-refractivity contribution < 1.29 is 14.4 Å². The van der Waals surface area contributed by atoms with E-state index in [1.807, 2.05) is 6.07 Å². The van der Waals surface area contributed by atoms with Crippen LogP contribution < -0.4 is 10.6 Å². The van der Waals surface area contributed by atoms with Crippen molar-refractivity contribution in [2.75, 3.05) is 11.9 Å². The predicted molar refractivity (Wildman–Crippen MR) is 105 cm³/mol. The number of anilines is 1. The molecule has 1 saturated carbocycles. The van der Waals surface area contributed by atoms with E-state index in [-0.39, 0.29) is 22.9 Å². The topological polar surface area (TPSA) is 102 Å². The van der Waals surface area contributed by atoms with E-state index in [9.17, 15) is 14.4 Å². The lowest BCUT2D eigenvalue weighted by atomic mass is 9.64. The molecule has 0 aromatic heterocycles. The summed E-state index contributed by atoms with van der Waals surface area (Å²) in [6.07, 6.45) is 2.11. The van der Waals surface area contributed by atoms with Crippen LogP contribution in [0.5, 0.6) is 0 Å². The van der Waals surface area contributed by atoms with E-state index in [1.165, 1.54) is 12.1 Å². The van der Waals surface area contributed by atoms with Gasteiger partial charge >= 0.3 is 6.03 Å². The van der Waals surface area contributed by atoms with E-state index in [2.05, 4.69) is 31.4 Å². The van der Waals surface area contributed by atoms with Crippen molar-refractivity contribution in [2.24, 2.45) is 11.3 Å². The van der Waals surface area contributed by atoms with Crippen LogP contribution in [0.4, 0.5) is 10.5 Å². The van der Waals surface area contributed by atoms with Gasteiger partial charge in [-0.25, -0.2) is 4.79 Å². The van der Waals surface area contributed by atoms with Crippen LogP contribution in [-0.2, 0) is 9.59 Å². The molecule has 1 aromatic rings. The van der Waals surface area contributed by atoms with Crippen LogP contribution in [0.2, 0.25) is 5.02 Å². The lowest BCUT2D eigenvalue weighted by molar-refractivity contribution is -0.136. The van der Waals surface area contributed by atoms with Gasteiger partial charge in [-0.1, -0.05) is 32.4 Å². The first-order valence-electron chi connectivity index (χ1n) is 9.19. The number of imide groups is 1. The molecule has 2 atom stereocenters. The summed E-state index contributed by atoms with van der Waals surface area (Å²) in [5.74, 6) is -0.558. The molecule has 28 heavy (non-hydrogen) atoms. The summed E-state index contributed by atoms with van der Waals surface area (Å²) in [5, 5.41) is 14.6. The number of hydrogen-bond acceptors (Lipinski definition) is 4. The van der Waals surface area contributed by atoms with Gasteiger partial charge in [0, 0.05) is 5.69 Å². The van der Waals surface area contributed by atoms with E-state index >= 15 is 0 Å². The van der Waals surface area contributed by atoms with Gasteiger partial charge in [0.1, 0.15) is 18.2 Å². The maximum Gasteiger partial charge on any atom is 0.325 e. The zero-order chi connectivity index (χ0) is 20.7. The van der Waals surface area contributed by atoms with Crippen molar-refractivity contribution in [1.29, 1.82) is 5.26 Å². The highest BCUT2D eigenvalue weighted by atomic mass is 35.5. The highest BCUT2D eigenvalue weighted by Crippen LogP contribution is 2.46. The Bertz CT molecular complexity index is 892. The molecule has 148 valence electrons. The summed E-state index contributed by atoms with van der Waals surface area (Å²) < 4.78 is 0. The van der Waals surface area contributed by atoms with Gasteiger partial charge in [0.2, 0.25) is 5.91 Å². The van der Waals surface area contributed by atoms with E-state index in [1.54, 1.807) is 6.07 Å². The minimum atomic E-state index is -0.934. The van der Waals surface area contributed by atoms with Gasteiger partial charge in [0.25, 0.3) is 5.91 Å². The molecule has 0 bridgehead atoms. The lowest BCUT2D eigenvalue weighted by Crippen LogP contribution is -2.54. The summed E-state index contributed by atoms with van der Waals surface area (Å²) >= 11 is 5.96. The van der Waals surface area contributed by atoms with Crippen molar-refractivity contribution in [3.8, 4) is 6.07 Å². The lowest BCUT2D eigenvalue weighted by Gasteiger charge is -2.43. The van der Waals surface area contributed by atoms with Crippen LogP contribution >= 0.6 is 11.6 Å². The first-order chi connectivity index (χ1) is 13.0. The Balaban J connectivity index is 1.71. The number of urea groups is 1. The Morgan fingerprint density at radius 2 is 2.11 bits per heavy atom. The largest absolute Gasteiger partial charge is 0.325 e. The Hall–Kier alpha value is -2.59. The highest BCUT2D eigenvalue weighted by Gasteiger charge is 2.56. The number of carbonyl (C=O) groups is 3. The third kappa shape index (κ3) is 3.83. The van der Waals surface area contributed by atoms with E-state index in [4.69, 9.17) is 16.9 Å². The Kier molecular flexibility index (Phi) is 5.11. The van der Waals surface area contributed by atoms with Crippen molar-refractivity contribution in [2.45, 2.75) is 45.6 Å². The number of benzene rings is 1. The molecule has 4 amide bonds. The molecule has 1 heterocycles. The first-order valence-corrected chi connectivity index (χ1v) is 9.57. The number of rotatable bonds is 3. The fourth-order valence-corrected chi connectivity index (χ4v) is 4.90. The van der Waals surface area contributed by atoms with Crippen molar-refractivity contribution in [3.63, 3.8) is 0 Å². The Labute approximate surface area is 169 Å². The van der Waals surface area contributed by atoms with E-state index in [0.29, 0.717) is 30.0 Å². The van der Waals surface area contributed by atoms with E-state index in [0.717, 1.165) is 11.3 Å². The van der Waals surface area contributed by atoms with Crippen LogP contribution in [-0.4, -0.2) is 34.8 Å². The molecule has 8 heteroatoms. The number of nitrogens with one attached hydrogen (secondary N) is 2.